The summed E-state index contributed by atoms with van der Waals surface area (Å²) in [6, 6.07) is 7.84. The molecule has 0 saturated carbocycles. The summed E-state index contributed by atoms with van der Waals surface area (Å²) in [4.78, 5) is 4.36. The molecule has 0 aliphatic carbocycles. The summed E-state index contributed by atoms with van der Waals surface area (Å²) in [5.41, 5.74) is 2.79. The average molecular weight is 276 g/mol. The molecule has 2 nitrogen and oxygen atoms in total. The number of halogens is 2. The third-order valence-electron chi connectivity index (χ3n) is 3.31. The van der Waals surface area contributed by atoms with E-state index in [0.717, 1.165) is 23.4 Å². The fourth-order valence-corrected chi connectivity index (χ4v) is 2.21. The van der Waals surface area contributed by atoms with Crippen LogP contribution in [0.4, 0.5) is 8.78 Å². The second-order valence-electron chi connectivity index (χ2n) is 4.75. The topological polar surface area (TPSA) is 24.9 Å². The minimum absolute atomic E-state index is 0.0799. The van der Waals surface area contributed by atoms with Crippen molar-refractivity contribution in [2.75, 3.05) is 6.54 Å². The van der Waals surface area contributed by atoms with Crippen molar-refractivity contribution in [1.82, 2.24) is 10.3 Å². The van der Waals surface area contributed by atoms with Crippen molar-refractivity contribution in [3.8, 4) is 0 Å². The smallest absolute Gasteiger partial charge is 0.159 e. The first-order chi connectivity index (χ1) is 9.61. The molecule has 0 amide bonds. The zero-order chi connectivity index (χ0) is 14.5. The van der Waals surface area contributed by atoms with Crippen LogP contribution in [0, 0.1) is 18.6 Å². The number of hydrogen-bond acceptors (Lipinski definition) is 2. The van der Waals surface area contributed by atoms with E-state index in [-0.39, 0.29) is 6.04 Å². The number of rotatable bonds is 5. The molecule has 1 heterocycles. The van der Waals surface area contributed by atoms with Gasteiger partial charge in [0.1, 0.15) is 0 Å². The van der Waals surface area contributed by atoms with Gasteiger partial charge in [-0.2, -0.15) is 0 Å². The van der Waals surface area contributed by atoms with Gasteiger partial charge in [0.15, 0.2) is 11.6 Å². The van der Waals surface area contributed by atoms with E-state index < -0.39 is 11.6 Å². The summed E-state index contributed by atoms with van der Waals surface area (Å²) in [6.07, 6.45) is 2.39. The zero-order valence-electron chi connectivity index (χ0n) is 11.7. The molecule has 0 aliphatic rings. The number of likely N-dealkylation sites (N-methyl/N-ethyl adjacent to an activating group) is 1. The third-order valence-corrected chi connectivity index (χ3v) is 3.31. The molecule has 1 N–H and O–H groups in total. The van der Waals surface area contributed by atoms with Crippen LogP contribution in [0.1, 0.15) is 29.8 Å². The van der Waals surface area contributed by atoms with Crippen molar-refractivity contribution in [3.63, 3.8) is 0 Å². The Hall–Kier alpha value is -1.81. The molecule has 0 saturated heterocycles. The van der Waals surface area contributed by atoms with Crippen LogP contribution in [0.5, 0.6) is 0 Å². The van der Waals surface area contributed by atoms with Crippen LogP contribution < -0.4 is 5.32 Å². The van der Waals surface area contributed by atoms with Crippen LogP contribution in [0.2, 0.25) is 0 Å². The van der Waals surface area contributed by atoms with Gasteiger partial charge in [0.25, 0.3) is 0 Å². The summed E-state index contributed by atoms with van der Waals surface area (Å²) in [6.45, 7) is 4.73. The molecule has 1 unspecified atom stereocenters. The van der Waals surface area contributed by atoms with E-state index in [2.05, 4.69) is 10.3 Å². The lowest BCUT2D eigenvalue weighted by atomic mass is 9.99. The van der Waals surface area contributed by atoms with E-state index >= 15 is 0 Å². The van der Waals surface area contributed by atoms with E-state index in [1.807, 2.05) is 26.0 Å². The minimum Gasteiger partial charge on any atom is -0.310 e. The summed E-state index contributed by atoms with van der Waals surface area (Å²) < 4.78 is 26.4. The highest BCUT2D eigenvalue weighted by molar-refractivity contribution is 5.25. The Morgan fingerprint density at radius 1 is 1.20 bits per heavy atom. The van der Waals surface area contributed by atoms with Crippen LogP contribution in [-0.2, 0) is 6.42 Å². The summed E-state index contributed by atoms with van der Waals surface area (Å²) in [7, 11) is 0. The number of nitrogens with one attached hydrogen (secondary N) is 1. The van der Waals surface area contributed by atoms with Crippen molar-refractivity contribution in [1.29, 1.82) is 0 Å². The molecule has 1 aromatic carbocycles. The maximum absolute atomic E-state index is 13.4. The number of benzene rings is 1. The Bertz CT molecular complexity index is 584. The lowest BCUT2D eigenvalue weighted by Crippen LogP contribution is -2.24. The largest absolute Gasteiger partial charge is 0.310 e. The van der Waals surface area contributed by atoms with Gasteiger partial charge in [-0.3, -0.25) is 4.98 Å². The number of nitrogens with zero attached hydrogens (tertiary/aromatic N) is 1. The van der Waals surface area contributed by atoms with Crippen molar-refractivity contribution in [3.05, 3.63) is 65.0 Å². The summed E-state index contributed by atoms with van der Waals surface area (Å²) in [5, 5.41) is 3.29. The SMILES string of the molecule is CCNC(Cc1ncccc1C)c1ccc(F)c(F)c1. The first-order valence-corrected chi connectivity index (χ1v) is 6.70. The lowest BCUT2D eigenvalue weighted by molar-refractivity contribution is 0.496. The quantitative estimate of drug-likeness (QED) is 0.903. The number of hydrogen-bond donors (Lipinski definition) is 1. The highest BCUT2D eigenvalue weighted by atomic mass is 19.2. The Morgan fingerprint density at radius 2 is 2.00 bits per heavy atom. The molecule has 4 heteroatoms. The molecule has 1 atom stereocenters. The molecule has 2 aromatic rings. The van der Waals surface area contributed by atoms with E-state index in [0.29, 0.717) is 6.42 Å². The number of aryl methyl sites for hydroxylation is 1. The Morgan fingerprint density at radius 3 is 2.65 bits per heavy atom. The van der Waals surface area contributed by atoms with Gasteiger partial charge in [-0.25, -0.2) is 8.78 Å². The van der Waals surface area contributed by atoms with Crippen molar-refractivity contribution < 1.29 is 8.78 Å². The number of aromatic nitrogens is 1. The molecule has 0 spiro atoms. The third kappa shape index (κ3) is 3.39. The number of pyridine rings is 1. The fourth-order valence-electron chi connectivity index (χ4n) is 2.21. The predicted octanol–water partition coefficient (Wildman–Crippen LogP) is 3.56. The van der Waals surface area contributed by atoms with Crippen molar-refractivity contribution in [2.45, 2.75) is 26.3 Å². The van der Waals surface area contributed by atoms with Gasteiger partial charge in [0.2, 0.25) is 0 Å². The van der Waals surface area contributed by atoms with Gasteiger partial charge in [-0.05, 0) is 42.8 Å². The average Bonchev–Trinajstić information content (AvgIpc) is 2.44. The highest BCUT2D eigenvalue weighted by Crippen LogP contribution is 2.21. The van der Waals surface area contributed by atoms with Gasteiger partial charge in [-0.1, -0.05) is 19.1 Å². The van der Waals surface area contributed by atoms with Crippen LogP contribution in [0.3, 0.4) is 0 Å². The molecular weight excluding hydrogens is 258 g/mol. The highest BCUT2D eigenvalue weighted by Gasteiger charge is 2.15. The normalized spacial score (nSPS) is 12.4. The zero-order valence-corrected chi connectivity index (χ0v) is 11.7. The standard InChI is InChI=1S/C16H18F2N2/c1-3-19-16(10-15-11(2)5-4-8-20-15)12-6-7-13(17)14(18)9-12/h4-9,16,19H,3,10H2,1-2H3. The first-order valence-electron chi connectivity index (χ1n) is 6.70. The molecule has 0 aliphatic heterocycles. The van der Waals surface area contributed by atoms with Crippen LogP contribution in [0.25, 0.3) is 0 Å². The molecule has 1 aromatic heterocycles. The minimum atomic E-state index is -0.821. The fraction of sp³-hybridized carbons (Fsp3) is 0.312. The second kappa shape index (κ2) is 6.57. The van der Waals surface area contributed by atoms with Crippen molar-refractivity contribution >= 4 is 0 Å². The van der Waals surface area contributed by atoms with Crippen LogP contribution in [0.15, 0.2) is 36.5 Å². The van der Waals surface area contributed by atoms with E-state index in [9.17, 15) is 8.78 Å². The monoisotopic (exact) mass is 276 g/mol. The van der Waals surface area contributed by atoms with Gasteiger partial charge >= 0.3 is 0 Å². The van der Waals surface area contributed by atoms with E-state index in [1.54, 1.807) is 12.3 Å². The molecule has 106 valence electrons. The Labute approximate surface area is 117 Å². The van der Waals surface area contributed by atoms with Gasteiger partial charge in [0, 0.05) is 24.4 Å². The predicted molar refractivity (Wildman–Crippen MR) is 75.5 cm³/mol. The molecule has 2 rings (SSSR count). The maximum atomic E-state index is 13.4. The van der Waals surface area contributed by atoms with E-state index in [1.165, 1.54) is 12.1 Å². The molecule has 0 fully saturated rings. The van der Waals surface area contributed by atoms with Gasteiger partial charge in [-0.15, -0.1) is 0 Å². The second-order valence-corrected chi connectivity index (χ2v) is 4.75. The van der Waals surface area contributed by atoms with Gasteiger partial charge in [0.05, 0.1) is 0 Å². The summed E-state index contributed by atoms with van der Waals surface area (Å²) >= 11 is 0. The van der Waals surface area contributed by atoms with Gasteiger partial charge < -0.3 is 5.32 Å². The lowest BCUT2D eigenvalue weighted by Gasteiger charge is -2.19. The Balaban J connectivity index is 2.27. The van der Waals surface area contributed by atoms with Crippen LogP contribution >= 0.6 is 0 Å². The Kier molecular flexibility index (Phi) is 4.79. The van der Waals surface area contributed by atoms with Crippen molar-refractivity contribution in [2.24, 2.45) is 0 Å². The first kappa shape index (κ1) is 14.6. The molecule has 0 bridgehead atoms. The molecule has 20 heavy (non-hydrogen) atoms. The van der Waals surface area contributed by atoms with E-state index in [4.69, 9.17) is 0 Å². The van der Waals surface area contributed by atoms with Crippen LogP contribution in [-0.4, -0.2) is 11.5 Å². The summed E-state index contributed by atoms with van der Waals surface area (Å²) in [5.74, 6) is -1.64. The molecule has 0 radical (unpaired) electrons. The maximum Gasteiger partial charge on any atom is 0.159 e. The molecular formula is C16H18F2N2.